The van der Waals surface area contributed by atoms with Crippen LogP contribution in [0.15, 0.2) is 18.2 Å². The Balaban J connectivity index is 1.79. The second-order valence-corrected chi connectivity index (χ2v) is 5.22. The van der Waals surface area contributed by atoms with Crippen LogP contribution in [0.3, 0.4) is 0 Å². The van der Waals surface area contributed by atoms with Gasteiger partial charge < -0.3 is 11.1 Å². The first-order valence-electron chi connectivity index (χ1n) is 6.70. The van der Waals surface area contributed by atoms with E-state index in [1.165, 1.54) is 12.0 Å². The Morgan fingerprint density at radius 1 is 1.33 bits per heavy atom. The monoisotopic (exact) mass is 245 g/mol. The highest BCUT2D eigenvalue weighted by Gasteiger charge is 2.26. The Hall–Kier alpha value is -1.71. The number of carbonyl (C=O) groups is 1. The fourth-order valence-electron chi connectivity index (χ4n) is 2.63. The van der Waals surface area contributed by atoms with Gasteiger partial charge in [0.05, 0.1) is 0 Å². The van der Waals surface area contributed by atoms with Crippen LogP contribution in [-0.2, 0) is 6.42 Å². The van der Waals surface area contributed by atoms with E-state index in [1.807, 2.05) is 23.1 Å². The molecule has 1 saturated carbocycles. The number of nitrogens with two attached hydrogens (primary N) is 1. The third-order valence-electron chi connectivity index (χ3n) is 3.90. The summed E-state index contributed by atoms with van der Waals surface area (Å²) >= 11 is 0. The molecule has 0 saturated heterocycles. The lowest BCUT2D eigenvalue weighted by atomic mass is 9.93. The van der Waals surface area contributed by atoms with Gasteiger partial charge in [0.2, 0.25) is 0 Å². The highest BCUT2D eigenvalue weighted by atomic mass is 16.2. The summed E-state index contributed by atoms with van der Waals surface area (Å²) in [5.74, 6) is 0. The van der Waals surface area contributed by atoms with Crippen molar-refractivity contribution in [2.75, 3.05) is 17.2 Å². The van der Waals surface area contributed by atoms with Gasteiger partial charge in [0, 0.05) is 24.0 Å². The van der Waals surface area contributed by atoms with E-state index in [-0.39, 0.29) is 6.03 Å². The summed E-state index contributed by atoms with van der Waals surface area (Å²) in [4.78, 5) is 14.1. The first-order chi connectivity index (χ1) is 8.74. The van der Waals surface area contributed by atoms with E-state index in [0.29, 0.717) is 6.04 Å². The largest absolute Gasteiger partial charge is 0.399 e. The predicted molar refractivity (Wildman–Crippen MR) is 72.7 cm³/mol. The summed E-state index contributed by atoms with van der Waals surface area (Å²) in [6.07, 6.45) is 5.49. The molecule has 0 aromatic heterocycles. The number of hydrogen-bond donors (Lipinski definition) is 2. The molecule has 18 heavy (non-hydrogen) atoms. The van der Waals surface area contributed by atoms with Gasteiger partial charge in [0.15, 0.2) is 0 Å². The van der Waals surface area contributed by atoms with E-state index in [1.54, 1.807) is 0 Å². The minimum absolute atomic E-state index is 0.0467. The van der Waals surface area contributed by atoms with Gasteiger partial charge in [-0.1, -0.05) is 0 Å². The van der Waals surface area contributed by atoms with Crippen molar-refractivity contribution in [3.05, 3.63) is 23.8 Å². The second kappa shape index (κ2) is 4.52. The lowest BCUT2D eigenvalue weighted by molar-refractivity contribution is 0.233. The first kappa shape index (κ1) is 11.4. The van der Waals surface area contributed by atoms with Crippen LogP contribution in [0.5, 0.6) is 0 Å². The van der Waals surface area contributed by atoms with Crippen molar-refractivity contribution in [1.29, 1.82) is 0 Å². The molecule has 2 amide bonds. The van der Waals surface area contributed by atoms with Crippen molar-refractivity contribution in [3.8, 4) is 0 Å². The Kier molecular flexibility index (Phi) is 2.86. The maximum atomic E-state index is 12.2. The number of carbonyl (C=O) groups excluding carboxylic acids is 1. The maximum absolute atomic E-state index is 12.2. The van der Waals surface area contributed by atoms with Crippen LogP contribution >= 0.6 is 0 Å². The van der Waals surface area contributed by atoms with E-state index in [9.17, 15) is 4.79 Å². The summed E-state index contributed by atoms with van der Waals surface area (Å²) < 4.78 is 0. The molecular formula is C14H19N3O. The Bertz CT molecular complexity index is 468. The molecule has 96 valence electrons. The predicted octanol–water partition coefficient (Wildman–Crippen LogP) is 2.28. The maximum Gasteiger partial charge on any atom is 0.322 e. The zero-order valence-electron chi connectivity index (χ0n) is 10.5. The van der Waals surface area contributed by atoms with Crippen molar-refractivity contribution in [2.45, 2.75) is 38.1 Å². The normalized spacial score (nSPS) is 19.0. The van der Waals surface area contributed by atoms with E-state index in [0.717, 1.165) is 43.6 Å². The van der Waals surface area contributed by atoms with Gasteiger partial charge in [-0.25, -0.2) is 4.79 Å². The van der Waals surface area contributed by atoms with Crippen LogP contribution in [-0.4, -0.2) is 18.6 Å². The molecule has 3 N–H and O–H groups in total. The minimum atomic E-state index is 0.0467. The molecule has 0 bridgehead atoms. The Labute approximate surface area is 107 Å². The third kappa shape index (κ3) is 2.03. The third-order valence-corrected chi connectivity index (χ3v) is 3.90. The summed E-state index contributed by atoms with van der Waals surface area (Å²) in [5.41, 5.74) is 8.77. The average Bonchev–Trinajstić information content (AvgIpc) is 2.32. The standard InChI is InChI=1S/C14H19N3O/c15-11-6-7-13-10(9-11)3-2-8-17(13)14(18)16-12-4-1-5-12/h6-7,9,12H,1-5,8,15H2,(H,16,18). The van der Waals surface area contributed by atoms with Gasteiger partial charge in [-0.3, -0.25) is 4.90 Å². The number of nitrogen functional groups attached to an aromatic ring is 1. The van der Waals surface area contributed by atoms with Crippen LogP contribution in [0.4, 0.5) is 16.2 Å². The van der Waals surface area contributed by atoms with Gasteiger partial charge in [0.1, 0.15) is 0 Å². The number of nitrogens with one attached hydrogen (secondary N) is 1. The SMILES string of the molecule is Nc1ccc2c(c1)CCCN2C(=O)NC1CCC1. The van der Waals surface area contributed by atoms with Crippen molar-refractivity contribution >= 4 is 17.4 Å². The van der Waals surface area contributed by atoms with Crippen LogP contribution in [0, 0.1) is 0 Å². The van der Waals surface area contributed by atoms with E-state index < -0.39 is 0 Å². The van der Waals surface area contributed by atoms with Crippen molar-refractivity contribution in [3.63, 3.8) is 0 Å². The molecule has 0 atom stereocenters. The molecule has 1 heterocycles. The molecular weight excluding hydrogens is 226 g/mol. The average molecular weight is 245 g/mol. The molecule has 1 fully saturated rings. The quantitative estimate of drug-likeness (QED) is 0.746. The minimum Gasteiger partial charge on any atom is -0.399 e. The smallest absolute Gasteiger partial charge is 0.322 e. The number of benzene rings is 1. The second-order valence-electron chi connectivity index (χ2n) is 5.22. The van der Waals surface area contributed by atoms with Crippen molar-refractivity contribution in [1.82, 2.24) is 5.32 Å². The van der Waals surface area contributed by atoms with Crippen LogP contribution in [0.1, 0.15) is 31.2 Å². The highest BCUT2D eigenvalue weighted by Crippen LogP contribution is 2.29. The van der Waals surface area contributed by atoms with Gasteiger partial charge in [0.25, 0.3) is 0 Å². The van der Waals surface area contributed by atoms with Gasteiger partial charge in [-0.15, -0.1) is 0 Å². The molecule has 1 aliphatic carbocycles. The number of amides is 2. The van der Waals surface area contributed by atoms with Gasteiger partial charge in [-0.2, -0.15) is 0 Å². The van der Waals surface area contributed by atoms with Crippen LogP contribution in [0.2, 0.25) is 0 Å². The fourth-order valence-corrected chi connectivity index (χ4v) is 2.63. The summed E-state index contributed by atoms with van der Waals surface area (Å²) in [7, 11) is 0. The van der Waals surface area contributed by atoms with Crippen molar-refractivity contribution < 1.29 is 4.79 Å². The van der Waals surface area contributed by atoms with Crippen LogP contribution < -0.4 is 16.0 Å². The van der Waals surface area contributed by atoms with E-state index in [2.05, 4.69) is 5.32 Å². The molecule has 0 spiro atoms. The number of nitrogens with zero attached hydrogens (tertiary/aromatic N) is 1. The molecule has 0 radical (unpaired) electrons. The molecule has 1 aromatic rings. The topological polar surface area (TPSA) is 58.4 Å². The lowest BCUT2D eigenvalue weighted by Gasteiger charge is -2.33. The highest BCUT2D eigenvalue weighted by molar-refractivity contribution is 5.93. The van der Waals surface area contributed by atoms with Crippen LogP contribution in [0.25, 0.3) is 0 Å². The molecule has 4 heteroatoms. The van der Waals surface area contributed by atoms with Gasteiger partial charge in [-0.05, 0) is 55.9 Å². The number of hydrogen-bond acceptors (Lipinski definition) is 2. The Morgan fingerprint density at radius 2 is 2.17 bits per heavy atom. The fraction of sp³-hybridized carbons (Fsp3) is 0.500. The summed E-state index contributed by atoms with van der Waals surface area (Å²) in [6.45, 7) is 0.801. The van der Waals surface area contributed by atoms with Crippen molar-refractivity contribution in [2.24, 2.45) is 0 Å². The zero-order chi connectivity index (χ0) is 12.5. The lowest BCUT2D eigenvalue weighted by Crippen LogP contribution is -2.49. The molecule has 1 aliphatic heterocycles. The number of aryl methyl sites for hydroxylation is 1. The molecule has 2 aliphatic rings. The van der Waals surface area contributed by atoms with E-state index >= 15 is 0 Å². The molecule has 4 nitrogen and oxygen atoms in total. The number of anilines is 2. The Morgan fingerprint density at radius 3 is 2.89 bits per heavy atom. The molecule has 1 aromatic carbocycles. The van der Waals surface area contributed by atoms with Gasteiger partial charge >= 0.3 is 6.03 Å². The molecule has 3 rings (SSSR count). The van der Waals surface area contributed by atoms with E-state index in [4.69, 9.17) is 5.73 Å². The number of fused-ring (bicyclic) bond motifs is 1. The summed E-state index contributed by atoms with van der Waals surface area (Å²) in [6, 6.07) is 6.25. The molecule has 0 unspecified atom stereocenters. The number of urea groups is 1. The summed E-state index contributed by atoms with van der Waals surface area (Å²) in [5, 5.41) is 3.10. The number of rotatable bonds is 1. The zero-order valence-corrected chi connectivity index (χ0v) is 10.5. The first-order valence-corrected chi connectivity index (χ1v) is 6.70.